The van der Waals surface area contributed by atoms with Gasteiger partial charge in [0.05, 0.1) is 45.9 Å². The van der Waals surface area contributed by atoms with Crippen LogP contribution in [0.25, 0.3) is 0 Å². The summed E-state index contributed by atoms with van der Waals surface area (Å²) in [6.45, 7) is 33.9. The van der Waals surface area contributed by atoms with Crippen LogP contribution in [0.3, 0.4) is 0 Å². The molecule has 5 saturated carbocycles. The lowest BCUT2D eigenvalue weighted by molar-refractivity contribution is -0.225. The summed E-state index contributed by atoms with van der Waals surface area (Å²) in [5, 5.41) is 10.6. The minimum Gasteiger partial charge on any atom is -0.463 e. The van der Waals surface area contributed by atoms with Gasteiger partial charge in [-0.05, 0) is 168 Å². The highest BCUT2D eigenvalue weighted by Crippen LogP contribution is 2.59. The van der Waals surface area contributed by atoms with Crippen molar-refractivity contribution >= 4 is 41.8 Å². The maximum absolute atomic E-state index is 12.4. The zero-order valence-corrected chi connectivity index (χ0v) is 48.2. The molecule has 9 rings (SSSR count). The second-order valence-corrected chi connectivity index (χ2v) is 27.7. The van der Waals surface area contributed by atoms with Gasteiger partial charge in [0.25, 0.3) is 0 Å². The third kappa shape index (κ3) is 14.6. The van der Waals surface area contributed by atoms with Crippen LogP contribution in [0.5, 0.6) is 0 Å². The topological polar surface area (TPSA) is 214 Å². The molecule has 5 aliphatic carbocycles. The van der Waals surface area contributed by atoms with Gasteiger partial charge in [-0.25, -0.2) is 9.59 Å². The van der Waals surface area contributed by atoms with E-state index >= 15 is 0 Å². The Morgan fingerprint density at radius 1 is 0.608 bits per heavy atom. The molecule has 8 atom stereocenters. The second kappa shape index (κ2) is 22.3. The summed E-state index contributed by atoms with van der Waals surface area (Å²) in [6, 6.07) is 0. The predicted molar refractivity (Wildman–Crippen MR) is 274 cm³/mol. The van der Waals surface area contributed by atoms with E-state index in [2.05, 4.69) is 34.6 Å². The van der Waals surface area contributed by atoms with Crippen molar-refractivity contribution < 1.29 is 76.6 Å². The molecule has 4 heterocycles. The van der Waals surface area contributed by atoms with Crippen LogP contribution >= 0.6 is 0 Å². The number of cyclic esters (lactones) is 1. The molecule has 9 fully saturated rings. The molecule has 4 aliphatic heterocycles. The molecule has 0 radical (unpaired) electrons. The largest absolute Gasteiger partial charge is 0.463 e. The Kier molecular flexibility index (Phi) is 18.4. The SMILES string of the molecule is CCC(C)(C)C(=O)OC1(C)CC(C)(C)CC(C)(C)C1.CCC(C)(C)C(=O)OC12CC3CC(CC(O)(C3)C1)C2.CCC(C)(C)C(=O)OC1CCOC1=O.CCC(C)(C)C(=O)OCC(=O)OC1C2CC3C(=O)OC1C3O2. The molecule has 6 bridgehead atoms. The normalized spacial score (nSPS) is 32.5. The van der Waals surface area contributed by atoms with Gasteiger partial charge in [-0.15, -0.1) is 0 Å². The molecule has 16 heteroatoms. The molecule has 0 spiro atoms. The van der Waals surface area contributed by atoms with E-state index in [0.717, 1.165) is 51.4 Å². The lowest BCUT2D eigenvalue weighted by atomic mass is 9.52. The zero-order valence-electron chi connectivity index (χ0n) is 48.2. The lowest BCUT2D eigenvalue weighted by Gasteiger charge is -2.59. The van der Waals surface area contributed by atoms with E-state index in [1.54, 1.807) is 27.7 Å². The number of carbonyl (C=O) groups excluding carboxylic acids is 7. The van der Waals surface area contributed by atoms with Gasteiger partial charge in [0.15, 0.2) is 18.8 Å². The molecule has 0 aromatic heterocycles. The summed E-state index contributed by atoms with van der Waals surface area (Å²) < 4.78 is 42.8. The van der Waals surface area contributed by atoms with E-state index in [9.17, 15) is 38.7 Å². The second-order valence-electron chi connectivity index (χ2n) is 27.7. The first kappa shape index (κ1) is 61.1. The van der Waals surface area contributed by atoms with Gasteiger partial charge in [0, 0.05) is 12.8 Å². The highest BCUT2D eigenvalue weighted by molar-refractivity contribution is 5.83. The van der Waals surface area contributed by atoms with Gasteiger partial charge < -0.3 is 43.0 Å². The van der Waals surface area contributed by atoms with E-state index in [4.69, 9.17) is 37.9 Å². The van der Waals surface area contributed by atoms with Crippen LogP contribution in [0.15, 0.2) is 0 Å². The number of carbonyl (C=O) groups is 7. The average Bonchev–Trinajstić information content (AvgIpc) is 4.02. The van der Waals surface area contributed by atoms with E-state index in [0.29, 0.717) is 50.5 Å². The van der Waals surface area contributed by atoms with Crippen molar-refractivity contribution in [3.63, 3.8) is 0 Å². The zero-order chi connectivity index (χ0) is 55.8. The van der Waals surface area contributed by atoms with Crippen molar-refractivity contribution in [3.8, 4) is 0 Å². The van der Waals surface area contributed by atoms with Crippen LogP contribution in [-0.2, 0) is 71.5 Å². The number of rotatable bonds is 14. The van der Waals surface area contributed by atoms with E-state index in [1.807, 2.05) is 55.4 Å². The Bertz CT molecular complexity index is 2050. The van der Waals surface area contributed by atoms with E-state index < -0.39 is 64.7 Å². The van der Waals surface area contributed by atoms with Crippen LogP contribution in [0, 0.1) is 50.2 Å². The molecule has 0 aromatic carbocycles. The van der Waals surface area contributed by atoms with Gasteiger partial charge in [0.2, 0.25) is 6.10 Å². The fourth-order valence-corrected chi connectivity index (χ4v) is 12.9. The minimum absolute atomic E-state index is 0.0500. The third-order valence-corrected chi connectivity index (χ3v) is 17.5. The van der Waals surface area contributed by atoms with Gasteiger partial charge in [-0.1, -0.05) is 55.4 Å². The number of aliphatic hydroxyl groups is 1. The molecule has 422 valence electrons. The number of esters is 7. The highest BCUT2D eigenvalue weighted by atomic mass is 16.7. The minimum atomic E-state index is -0.687. The first-order valence-corrected chi connectivity index (χ1v) is 27.7. The number of hydrogen-bond acceptors (Lipinski definition) is 16. The Balaban J connectivity index is 0.000000185. The van der Waals surface area contributed by atoms with Crippen molar-refractivity contribution in [2.45, 2.75) is 261 Å². The molecule has 74 heavy (non-hydrogen) atoms. The van der Waals surface area contributed by atoms with Crippen LogP contribution in [-0.4, -0.2) is 107 Å². The van der Waals surface area contributed by atoms with Gasteiger partial charge >= 0.3 is 41.8 Å². The summed E-state index contributed by atoms with van der Waals surface area (Å²) >= 11 is 0. The Morgan fingerprint density at radius 3 is 1.59 bits per heavy atom. The number of hydrogen-bond donors (Lipinski definition) is 1. The summed E-state index contributed by atoms with van der Waals surface area (Å²) in [7, 11) is 0. The highest BCUT2D eigenvalue weighted by Gasteiger charge is 2.65. The number of ether oxygens (including phenoxy) is 8. The molecule has 8 unspecified atom stereocenters. The Labute approximate surface area is 441 Å². The molecule has 9 aliphatic rings. The fourth-order valence-electron chi connectivity index (χ4n) is 12.9. The van der Waals surface area contributed by atoms with E-state index in [-0.39, 0.29) is 69.5 Å². The Hall–Kier alpha value is -3.79. The summed E-state index contributed by atoms with van der Waals surface area (Å²) in [4.78, 5) is 82.6. The van der Waals surface area contributed by atoms with Gasteiger partial charge in [-0.3, -0.25) is 24.0 Å². The van der Waals surface area contributed by atoms with Crippen molar-refractivity contribution in [1.82, 2.24) is 0 Å². The maximum atomic E-state index is 12.4. The van der Waals surface area contributed by atoms with Crippen LogP contribution in [0.1, 0.15) is 214 Å². The summed E-state index contributed by atoms with van der Waals surface area (Å²) in [6.07, 6.45) is 10.2. The smallest absolute Gasteiger partial charge is 0.347 e. The van der Waals surface area contributed by atoms with Crippen LogP contribution in [0.4, 0.5) is 0 Å². The van der Waals surface area contributed by atoms with Crippen molar-refractivity contribution in [3.05, 3.63) is 0 Å². The van der Waals surface area contributed by atoms with Crippen molar-refractivity contribution in [1.29, 1.82) is 0 Å². The molecule has 0 amide bonds. The molecule has 0 aromatic rings. The first-order chi connectivity index (χ1) is 33.9. The monoisotopic (exact) mass is 1050 g/mol. The average molecular weight is 1050 g/mol. The molecule has 1 N–H and O–H groups in total. The fraction of sp³-hybridized carbons (Fsp3) is 0.879. The molecule has 4 saturated heterocycles. The van der Waals surface area contributed by atoms with Crippen LogP contribution in [0.2, 0.25) is 0 Å². The molecule has 16 nitrogen and oxygen atoms in total. The molecular formula is C58H94O16. The van der Waals surface area contributed by atoms with Crippen molar-refractivity contribution in [2.75, 3.05) is 13.2 Å². The van der Waals surface area contributed by atoms with Crippen LogP contribution < -0.4 is 0 Å². The number of fused-ring (bicyclic) bond motifs is 1. The quantitative estimate of drug-likeness (QED) is 0.127. The first-order valence-electron chi connectivity index (χ1n) is 27.7. The van der Waals surface area contributed by atoms with Gasteiger partial charge in [-0.2, -0.15) is 0 Å². The van der Waals surface area contributed by atoms with E-state index in [1.165, 1.54) is 12.8 Å². The third-order valence-electron chi connectivity index (χ3n) is 17.5. The molecular weight excluding hydrogens is 953 g/mol. The Morgan fingerprint density at radius 2 is 1.11 bits per heavy atom. The summed E-state index contributed by atoms with van der Waals surface area (Å²) in [5.74, 6) is -1.38. The van der Waals surface area contributed by atoms with Crippen molar-refractivity contribution in [2.24, 2.45) is 50.2 Å². The van der Waals surface area contributed by atoms with Gasteiger partial charge in [0.1, 0.15) is 17.3 Å². The standard InChI is InChI=1S/C17H32O2.C16H26O3.C15H20O7.C10H16O4/c1-9-16(6,7)13(18)19-17(8)11-14(2,3)10-15(4,5)12-17;1-4-14(2,3)13(17)19-16-8-11-5-12(9-16)7-15(18,6-11)10-16;1-4-15(2,3)14(18)19-6-9(16)21-11-8-5-7-10(20-8)12(11)22-13(7)17;1-4-10(2,3)9(12)14-7-5-6-13-8(7)11/h9-12H2,1-8H3;11-12,18H,4-10H2,1-3H3;7-8,10-12H,4-6H2,1-3H3;7H,4-6H2,1-3H3. The lowest BCUT2D eigenvalue weighted by Crippen LogP contribution is -2.61. The maximum Gasteiger partial charge on any atom is 0.347 e. The summed E-state index contributed by atoms with van der Waals surface area (Å²) in [5.41, 5.74) is -2.73. The predicted octanol–water partition coefficient (Wildman–Crippen LogP) is 9.88.